The first kappa shape index (κ1) is 21.6. The van der Waals surface area contributed by atoms with E-state index >= 15 is 0 Å². The SMILES string of the molecule is Cc1cc(OCC(=O)N/N=C/c2cc([N+](=O)[O-])cc([N+](=O)[O-])c2O)cc(C)c1Cl. The third kappa shape index (κ3) is 5.39. The van der Waals surface area contributed by atoms with Crippen LogP contribution in [0.2, 0.25) is 5.02 Å². The number of nitrogens with one attached hydrogen (secondary N) is 1. The number of benzene rings is 2. The molecule has 0 aromatic heterocycles. The van der Waals surface area contributed by atoms with Crippen molar-refractivity contribution in [2.45, 2.75) is 13.8 Å². The molecule has 0 unspecified atom stereocenters. The average molecular weight is 423 g/mol. The lowest BCUT2D eigenvalue weighted by molar-refractivity contribution is -0.394. The van der Waals surface area contributed by atoms with E-state index in [2.05, 4.69) is 10.5 Å². The van der Waals surface area contributed by atoms with E-state index in [1.165, 1.54) is 0 Å². The number of non-ortho nitro benzene ring substituents is 1. The van der Waals surface area contributed by atoms with Gasteiger partial charge in [-0.05, 0) is 37.1 Å². The summed E-state index contributed by atoms with van der Waals surface area (Å²) in [6.07, 6.45) is 0.851. The van der Waals surface area contributed by atoms with Crippen molar-refractivity contribution in [3.8, 4) is 11.5 Å². The first-order valence-corrected chi connectivity index (χ1v) is 8.35. The number of halogens is 1. The number of nitro groups is 2. The predicted molar refractivity (Wildman–Crippen MR) is 104 cm³/mol. The summed E-state index contributed by atoms with van der Waals surface area (Å²) in [5, 5.41) is 35.8. The summed E-state index contributed by atoms with van der Waals surface area (Å²) in [6, 6.07) is 4.82. The number of carbonyl (C=O) groups excluding carboxylic acids is 1. The van der Waals surface area contributed by atoms with Crippen molar-refractivity contribution in [1.29, 1.82) is 0 Å². The Morgan fingerprint density at radius 1 is 1.21 bits per heavy atom. The molecule has 0 atom stereocenters. The molecule has 0 saturated carbocycles. The quantitative estimate of drug-likeness (QED) is 0.394. The second-order valence-electron chi connectivity index (χ2n) is 5.87. The van der Waals surface area contributed by atoms with E-state index in [9.17, 15) is 30.1 Å². The summed E-state index contributed by atoms with van der Waals surface area (Å²) < 4.78 is 5.34. The fraction of sp³-hybridized carbons (Fsp3) is 0.176. The maximum atomic E-state index is 11.8. The number of carbonyl (C=O) groups is 1. The molecule has 0 aliphatic heterocycles. The van der Waals surface area contributed by atoms with Gasteiger partial charge in [-0.15, -0.1) is 0 Å². The molecule has 0 radical (unpaired) electrons. The van der Waals surface area contributed by atoms with E-state index in [0.717, 1.165) is 23.4 Å². The Kier molecular flexibility index (Phi) is 6.67. The smallest absolute Gasteiger partial charge is 0.318 e. The van der Waals surface area contributed by atoms with Gasteiger partial charge in [0.1, 0.15) is 5.75 Å². The Hall–Kier alpha value is -3.73. The molecule has 29 heavy (non-hydrogen) atoms. The van der Waals surface area contributed by atoms with Crippen LogP contribution >= 0.6 is 11.6 Å². The highest BCUT2D eigenvalue weighted by atomic mass is 35.5. The second-order valence-corrected chi connectivity index (χ2v) is 6.25. The molecule has 0 heterocycles. The van der Waals surface area contributed by atoms with Gasteiger partial charge in [-0.25, -0.2) is 5.43 Å². The summed E-state index contributed by atoms with van der Waals surface area (Å²) in [4.78, 5) is 31.8. The Labute approximate surface area is 168 Å². The molecule has 0 aliphatic carbocycles. The highest BCUT2D eigenvalue weighted by molar-refractivity contribution is 6.32. The number of hydrogen-bond acceptors (Lipinski definition) is 8. The summed E-state index contributed by atoms with van der Waals surface area (Å²) in [5.41, 5.74) is 1.88. The number of aromatic hydroxyl groups is 1. The highest BCUT2D eigenvalue weighted by Crippen LogP contribution is 2.33. The lowest BCUT2D eigenvalue weighted by Crippen LogP contribution is -2.24. The maximum Gasteiger partial charge on any atom is 0.318 e. The fourth-order valence-electron chi connectivity index (χ4n) is 2.31. The molecule has 2 aromatic carbocycles. The number of aryl methyl sites for hydroxylation is 2. The topological polar surface area (TPSA) is 157 Å². The van der Waals surface area contributed by atoms with Crippen LogP contribution in [0.25, 0.3) is 0 Å². The van der Waals surface area contributed by atoms with Crippen LogP contribution in [0.3, 0.4) is 0 Å². The van der Waals surface area contributed by atoms with Crippen LogP contribution in [-0.2, 0) is 4.79 Å². The summed E-state index contributed by atoms with van der Waals surface area (Å²) in [6.45, 7) is 3.19. The Morgan fingerprint density at radius 3 is 2.38 bits per heavy atom. The van der Waals surface area contributed by atoms with Gasteiger partial charge in [0.15, 0.2) is 6.61 Å². The average Bonchev–Trinajstić information content (AvgIpc) is 2.65. The number of amides is 1. The van der Waals surface area contributed by atoms with Crippen LogP contribution in [0.4, 0.5) is 11.4 Å². The van der Waals surface area contributed by atoms with Crippen LogP contribution in [0.5, 0.6) is 11.5 Å². The van der Waals surface area contributed by atoms with Gasteiger partial charge in [0.25, 0.3) is 11.6 Å². The number of phenols is 1. The van der Waals surface area contributed by atoms with Crippen LogP contribution in [0.15, 0.2) is 29.4 Å². The normalized spacial score (nSPS) is 10.7. The van der Waals surface area contributed by atoms with Gasteiger partial charge in [-0.2, -0.15) is 5.10 Å². The lowest BCUT2D eigenvalue weighted by Gasteiger charge is -2.09. The summed E-state index contributed by atoms with van der Waals surface area (Å²) in [7, 11) is 0. The molecular weight excluding hydrogens is 408 g/mol. The molecule has 0 fully saturated rings. The van der Waals surface area contributed by atoms with Gasteiger partial charge in [-0.1, -0.05) is 11.6 Å². The molecule has 2 N–H and O–H groups in total. The molecule has 1 amide bonds. The van der Waals surface area contributed by atoms with Crippen molar-refractivity contribution < 1.29 is 24.5 Å². The fourth-order valence-corrected chi connectivity index (χ4v) is 2.42. The Morgan fingerprint density at radius 2 is 1.83 bits per heavy atom. The van der Waals surface area contributed by atoms with Crippen LogP contribution in [0, 0.1) is 34.1 Å². The van der Waals surface area contributed by atoms with E-state index in [4.69, 9.17) is 16.3 Å². The van der Waals surface area contributed by atoms with Gasteiger partial charge in [0.05, 0.1) is 27.7 Å². The number of nitrogens with zero attached hydrogens (tertiary/aromatic N) is 3. The van der Waals surface area contributed by atoms with Gasteiger partial charge in [0.2, 0.25) is 5.75 Å². The third-order valence-electron chi connectivity index (χ3n) is 3.68. The highest BCUT2D eigenvalue weighted by Gasteiger charge is 2.23. The van der Waals surface area contributed by atoms with Crippen molar-refractivity contribution in [3.05, 3.63) is 66.2 Å². The van der Waals surface area contributed by atoms with E-state index < -0.39 is 32.9 Å². The number of rotatable bonds is 7. The maximum absolute atomic E-state index is 11.8. The lowest BCUT2D eigenvalue weighted by atomic mass is 10.1. The number of hydrazone groups is 1. The van der Waals surface area contributed by atoms with Crippen LogP contribution in [0.1, 0.15) is 16.7 Å². The standard InChI is InChI=1S/C17H15ClN4O7/c1-9-3-13(4-10(2)16(9)18)29-8-15(23)20-19-7-11-5-12(21(25)26)6-14(17(11)24)22(27)28/h3-7,24H,8H2,1-2H3,(H,20,23)/b19-7+. The van der Waals surface area contributed by atoms with Gasteiger partial charge < -0.3 is 9.84 Å². The zero-order chi connectivity index (χ0) is 21.7. The molecule has 0 aliphatic rings. The Bertz CT molecular complexity index is 1000. The van der Waals surface area contributed by atoms with E-state index in [-0.39, 0.29) is 12.2 Å². The molecule has 2 aromatic rings. The summed E-state index contributed by atoms with van der Waals surface area (Å²) in [5.74, 6) is -1.05. The molecule has 0 saturated heterocycles. The first-order chi connectivity index (χ1) is 13.6. The van der Waals surface area contributed by atoms with E-state index in [1.54, 1.807) is 26.0 Å². The Balaban J connectivity index is 2.06. The van der Waals surface area contributed by atoms with Crippen LogP contribution in [-0.4, -0.2) is 33.7 Å². The third-order valence-corrected chi connectivity index (χ3v) is 4.28. The minimum absolute atomic E-state index is 0.309. The summed E-state index contributed by atoms with van der Waals surface area (Å²) >= 11 is 6.05. The van der Waals surface area contributed by atoms with Gasteiger partial charge in [-0.3, -0.25) is 25.0 Å². The molecule has 11 nitrogen and oxygen atoms in total. The first-order valence-electron chi connectivity index (χ1n) is 7.97. The minimum atomic E-state index is -0.970. The molecule has 0 spiro atoms. The van der Waals surface area contributed by atoms with Crippen molar-refractivity contribution in [2.24, 2.45) is 5.10 Å². The molecule has 152 valence electrons. The number of phenolic OH excluding ortho intramolecular Hbond substituents is 1. The molecule has 12 heteroatoms. The zero-order valence-electron chi connectivity index (χ0n) is 15.2. The van der Waals surface area contributed by atoms with Crippen LogP contribution < -0.4 is 10.2 Å². The van der Waals surface area contributed by atoms with Gasteiger partial charge in [0, 0.05) is 11.1 Å². The van der Waals surface area contributed by atoms with E-state index in [0.29, 0.717) is 16.8 Å². The predicted octanol–water partition coefficient (Wildman–Crippen LogP) is 3.01. The monoisotopic (exact) mass is 422 g/mol. The molecular formula is C17H15ClN4O7. The number of ether oxygens (including phenoxy) is 1. The number of hydrogen-bond donors (Lipinski definition) is 2. The minimum Gasteiger partial charge on any atom is -0.502 e. The molecule has 0 bridgehead atoms. The van der Waals surface area contributed by atoms with Crippen molar-refractivity contribution in [2.75, 3.05) is 6.61 Å². The molecule has 2 rings (SSSR count). The largest absolute Gasteiger partial charge is 0.502 e. The zero-order valence-corrected chi connectivity index (χ0v) is 16.0. The van der Waals surface area contributed by atoms with Crippen molar-refractivity contribution in [1.82, 2.24) is 5.43 Å². The van der Waals surface area contributed by atoms with E-state index in [1.807, 2.05) is 0 Å². The number of nitro benzene ring substituents is 2. The van der Waals surface area contributed by atoms with Crippen molar-refractivity contribution in [3.63, 3.8) is 0 Å². The second kappa shape index (κ2) is 8.97. The van der Waals surface area contributed by atoms with Gasteiger partial charge >= 0.3 is 5.69 Å². The van der Waals surface area contributed by atoms with Crippen molar-refractivity contribution >= 4 is 35.1 Å².